The fourth-order valence-corrected chi connectivity index (χ4v) is 4.70. The minimum atomic E-state index is -0.222. The summed E-state index contributed by atoms with van der Waals surface area (Å²) in [4.78, 5) is 30.7. The van der Waals surface area contributed by atoms with Crippen LogP contribution in [0.2, 0.25) is 0 Å². The molecule has 2 amide bonds. The minimum Gasteiger partial charge on any atom is -0.369 e. The van der Waals surface area contributed by atoms with E-state index in [-0.39, 0.29) is 17.7 Å². The molecule has 3 aromatic rings. The number of fused-ring (bicyclic) bond motifs is 1. The molecule has 1 saturated heterocycles. The summed E-state index contributed by atoms with van der Waals surface area (Å²) in [6, 6.07) is 17.7. The first-order chi connectivity index (χ1) is 16.5. The largest absolute Gasteiger partial charge is 0.369 e. The van der Waals surface area contributed by atoms with Gasteiger partial charge in [-0.15, -0.1) is 0 Å². The molecule has 0 atom stereocenters. The van der Waals surface area contributed by atoms with E-state index in [1.807, 2.05) is 48.5 Å². The van der Waals surface area contributed by atoms with E-state index >= 15 is 0 Å². The first-order valence-corrected chi connectivity index (χ1v) is 12.2. The normalized spacial score (nSPS) is 16.5. The standard InChI is InChI=1S/C28H32N4O2/c1-3-31-12-14-32(15-13-31)26-11-10-23(16-19(26)2)29-28(34)24-17-21-6-4-5-7-22(21)18-25(24)30-27(33)20-8-9-20/h4-7,10-11,16-18,20H,3,8-9,12-15H2,1-2H3,(H,29,34)(H,30,33). The Morgan fingerprint density at radius 3 is 2.26 bits per heavy atom. The zero-order valence-electron chi connectivity index (χ0n) is 19.9. The lowest BCUT2D eigenvalue weighted by Crippen LogP contribution is -2.46. The lowest BCUT2D eigenvalue weighted by atomic mass is 10.0. The maximum Gasteiger partial charge on any atom is 0.257 e. The van der Waals surface area contributed by atoms with Crippen molar-refractivity contribution in [1.29, 1.82) is 0 Å². The molecule has 34 heavy (non-hydrogen) atoms. The van der Waals surface area contributed by atoms with Gasteiger partial charge in [0.2, 0.25) is 5.91 Å². The SMILES string of the molecule is CCN1CCN(c2ccc(NC(=O)c3cc4ccccc4cc3NC(=O)C3CC3)cc2C)CC1. The zero-order valence-corrected chi connectivity index (χ0v) is 19.9. The first-order valence-electron chi connectivity index (χ1n) is 12.2. The number of nitrogens with one attached hydrogen (secondary N) is 2. The fraction of sp³-hybridized carbons (Fsp3) is 0.357. The first kappa shape index (κ1) is 22.4. The number of hydrogen-bond donors (Lipinski definition) is 2. The summed E-state index contributed by atoms with van der Waals surface area (Å²) in [6.07, 6.45) is 1.83. The van der Waals surface area contributed by atoms with Gasteiger partial charge in [-0.2, -0.15) is 0 Å². The van der Waals surface area contributed by atoms with Crippen LogP contribution in [0.3, 0.4) is 0 Å². The molecule has 1 heterocycles. The number of benzene rings is 3. The van der Waals surface area contributed by atoms with Gasteiger partial charge in [-0.1, -0.05) is 31.2 Å². The van der Waals surface area contributed by atoms with Crippen molar-refractivity contribution in [3.05, 3.63) is 65.7 Å². The number of rotatable bonds is 6. The quantitative estimate of drug-likeness (QED) is 0.554. The van der Waals surface area contributed by atoms with Gasteiger partial charge in [0, 0.05) is 43.5 Å². The zero-order chi connectivity index (χ0) is 23.7. The number of carbonyl (C=O) groups is 2. The van der Waals surface area contributed by atoms with Crippen molar-refractivity contribution in [3.63, 3.8) is 0 Å². The fourth-order valence-electron chi connectivity index (χ4n) is 4.70. The van der Waals surface area contributed by atoms with E-state index in [0.717, 1.165) is 67.6 Å². The molecule has 3 aromatic carbocycles. The number of likely N-dealkylation sites (N-methyl/N-ethyl adjacent to an activating group) is 1. The van der Waals surface area contributed by atoms with Gasteiger partial charge in [0.1, 0.15) is 0 Å². The Labute approximate surface area is 200 Å². The van der Waals surface area contributed by atoms with Gasteiger partial charge >= 0.3 is 0 Å². The van der Waals surface area contributed by atoms with Crippen molar-refractivity contribution in [1.82, 2.24) is 4.90 Å². The maximum absolute atomic E-state index is 13.3. The monoisotopic (exact) mass is 456 g/mol. The van der Waals surface area contributed by atoms with Crippen LogP contribution in [0.25, 0.3) is 10.8 Å². The third-order valence-corrected chi connectivity index (χ3v) is 6.95. The van der Waals surface area contributed by atoms with Gasteiger partial charge in [0.15, 0.2) is 0 Å². The molecule has 1 saturated carbocycles. The van der Waals surface area contributed by atoms with Crippen LogP contribution in [-0.4, -0.2) is 49.4 Å². The lowest BCUT2D eigenvalue weighted by molar-refractivity contribution is -0.117. The van der Waals surface area contributed by atoms with Crippen LogP contribution in [0.1, 0.15) is 35.7 Å². The van der Waals surface area contributed by atoms with Crippen molar-refractivity contribution < 1.29 is 9.59 Å². The molecule has 0 unspecified atom stereocenters. The van der Waals surface area contributed by atoms with Crippen molar-refractivity contribution in [2.24, 2.45) is 5.92 Å². The Hall–Kier alpha value is -3.38. The average molecular weight is 457 g/mol. The van der Waals surface area contributed by atoms with Crippen LogP contribution in [-0.2, 0) is 4.79 Å². The minimum absolute atomic E-state index is 0.00676. The number of carbonyl (C=O) groups excluding carboxylic acids is 2. The highest BCUT2D eigenvalue weighted by Gasteiger charge is 2.30. The van der Waals surface area contributed by atoms with Crippen LogP contribution < -0.4 is 15.5 Å². The van der Waals surface area contributed by atoms with E-state index in [0.29, 0.717) is 11.3 Å². The molecule has 0 aromatic heterocycles. The van der Waals surface area contributed by atoms with Crippen LogP contribution in [0.5, 0.6) is 0 Å². The number of aryl methyl sites for hydroxylation is 1. The number of hydrogen-bond acceptors (Lipinski definition) is 4. The second-order valence-electron chi connectivity index (χ2n) is 9.39. The Morgan fingerprint density at radius 1 is 0.912 bits per heavy atom. The van der Waals surface area contributed by atoms with E-state index in [1.165, 1.54) is 5.69 Å². The van der Waals surface area contributed by atoms with Crippen LogP contribution in [0.4, 0.5) is 17.1 Å². The summed E-state index contributed by atoms with van der Waals surface area (Å²) in [5, 5.41) is 8.01. The Kier molecular flexibility index (Phi) is 6.24. The number of nitrogens with zero attached hydrogens (tertiary/aromatic N) is 2. The maximum atomic E-state index is 13.3. The molecular weight excluding hydrogens is 424 g/mol. The third-order valence-electron chi connectivity index (χ3n) is 6.95. The second-order valence-corrected chi connectivity index (χ2v) is 9.39. The molecule has 5 rings (SSSR count). The van der Waals surface area contributed by atoms with Crippen molar-refractivity contribution in [2.75, 3.05) is 48.3 Å². The number of anilines is 3. The molecule has 1 aliphatic heterocycles. The molecule has 2 fully saturated rings. The third kappa shape index (κ3) is 4.77. The Balaban J connectivity index is 1.36. The molecule has 0 radical (unpaired) electrons. The second kappa shape index (κ2) is 9.47. The van der Waals surface area contributed by atoms with Gasteiger partial charge in [-0.25, -0.2) is 0 Å². The van der Waals surface area contributed by atoms with E-state index in [9.17, 15) is 9.59 Å². The van der Waals surface area contributed by atoms with Crippen LogP contribution >= 0.6 is 0 Å². The van der Waals surface area contributed by atoms with Crippen molar-refractivity contribution >= 4 is 39.6 Å². The van der Waals surface area contributed by atoms with Gasteiger partial charge in [0.05, 0.1) is 11.3 Å². The average Bonchev–Trinajstić information content (AvgIpc) is 3.70. The smallest absolute Gasteiger partial charge is 0.257 e. The molecule has 2 N–H and O–H groups in total. The van der Waals surface area contributed by atoms with Gasteiger partial charge in [0.25, 0.3) is 5.91 Å². The molecule has 1 aliphatic carbocycles. The van der Waals surface area contributed by atoms with Crippen molar-refractivity contribution in [2.45, 2.75) is 26.7 Å². The summed E-state index contributed by atoms with van der Waals surface area (Å²) < 4.78 is 0. The summed E-state index contributed by atoms with van der Waals surface area (Å²) in [5.74, 6) is -0.162. The predicted molar refractivity (Wildman–Crippen MR) is 139 cm³/mol. The highest BCUT2D eigenvalue weighted by molar-refractivity contribution is 6.13. The highest BCUT2D eigenvalue weighted by atomic mass is 16.2. The van der Waals surface area contributed by atoms with Crippen molar-refractivity contribution in [3.8, 4) is 0 Å². The summed E-state index contributed by atoms with van der Waals surface area (Å²) in [5.41, 5.74) is 4.16. The Bertz CT molecular complexity index is 1230. The molecule has 6 nitrogen and oxygen atoms in total. The number of amides is 2. The summed E-state index contributed by atoms with van der Waals surface area (Å²) >= 11 is 0. The highest BCUT2D eigenvalue weighted by Crippen LogP contribution is 2.32. The van der Waals surface area contributed by atoms with E-state index < -0.39 is 0 Å². The predicted octanol–water partition coefficient (Wildman–Crippen LogP) is 4.89. The summed E-state index contributed by atoms with van der Waals surface area (Å²) in [6.45, 7) is 9.57. The lowest BCUT2D eigenvalue weighted by Gasteiger charge is -2.36. The molecule has 0 bridgehead atoms. The van der Waals surface area contributed by atoms with Gasteiger partial charge in [-0.3, -0.25) is 9.59 Å². The van der Waals surface area contributed by atoms with E-state index in [4.69, 9.17) is 0 Å². The number of piperazine rings is 1. The van der Waals surface area contributed by atoms with E-state index in [2.05, 4.69) is 40.3 Å². The summed E-state index contributed by atoms with van der Waals surface area (Å²) in [7, 11) is 0. The van der Waals surface area contributed by atoms with E-state index in [1.54, 1.807) is 0 Å². The van der Waals surface area contributed by atoms with Crippen LogP contribution in [0, 0.1) is 12.8 Å². The molecular formula is C28H32N4O2. The molecule has 0 spiro atoms. The van der Waals surface area contributed by atoms with Gasteiger partial charge in [-0.05, 0) is 73.0 Å². The van der Waals surface area contributed by atoms with Crippen LogP contribution in [0.15, 0.2) is 54.6 Å². The molecule has 2 aliphatic rings. The molecule has 176 valence electrons. The van der Waals surface area contributed by atoms with Gasteiger partial charge < -0.3 is 20.4 Å². The Morgan fingerprint density at radius 2 is 1.62 bits per heavy atom. The molecule has 6 heteroatoms. The topological polar surface area (TPSA) is 64.7 Å².